The van der Waals surface area contributed by atoms with Crippen LogP contribution in [0.2, 0.25) is 0 Å². The van der Waals surface area contributed by atoms with Gasteiger partial charge in [-0.25, -0.2) is 4.79 Å². The fourth-order valence-corrected chi connectivity index (χ4v) is 2.53. The molecule has 20 heavy (non-hydrogen) atoms. The molecule has 0 aliphatic carbocycles. The molecule has 0 N–H and O–H groups in total. The van der Waals surface area contributed by atoms with Gasteiger partial charge in [-0.2, -0.15) is 0 Å². The summed E-state index contributed by atoms with van der Waals surface area (Å²) in [7, 11) is 0. The van der Waals surface area contributed by atoms with Crippen molar-refractivity contribution in [2.45, 2.75) is 66.2 Å². The molecule has 0 saturated carbocycles. The monoisotopic (exact) mass is 399 g/mol. The molecule has 0 saturated heterocycles. The molecule has 0 aliphatic heterocycles. The molecule has 0 fully saturated rings. The van der Waals surface area contributed by atoms with Crippen molar-refractivity contribution in [1.82, 2.24) is 0 Å². The van der Waals surface area contributed by atoms with Gasteiger partial charge in [0.05, 0.1) is 26.2 Å². The van der Waals surface area contributed by atoms with E-state index < -0.39 is 0 Å². The number of carbonyl (C=O) groups excluding carboxylic acids is 1. The molecular weight excluding hydrogens is 365 g/mol. The summed E-state index contributed by atoms with van der Waals surface area (Å²) in [5.41, 5.74) is 0. The van der Waals surface area contributed by atoms with E-state index in [4.69, 9.17) is 4.74 Å². The van der Waals surface area contributed by atoms with Crippen LogP contribution in [0.5, 0.6) is 0 Å². The second-order valence-electron chi connectivity index (χ2n) is 5.54. The summed E-state index contributed by atoms with van der Waals surface area (Å²) in [6, 6.07) is 0. The Balaban J connectivity index is 0. The number of rotatable bonds is 12. The first-order valence-electron chi connectivity index (χ1n) is 8.14. The number of esters is 1. The van der Waals surface area contributed by atoms with Gasteiger partial charge in [-0.15, -0.1) is 0 Å². The number of carbonyl (C=O) groups is 1. The zero-order valence-electron chi connectivity index (χ0n) is 13.9. The molecule has 3 nitrogen and oxygen atoms in total. The predicted molar refractivity (Wildman–Crippen MR) is 81.1 cm³/mol. The van der Waals surface area contributed by atoms with E-state index in [-0.39, 0.29) is 29.9 Å². The van der Waals surface area contributed by atoms with Crippen LogP contribution >= 0.6 is 0 Å². The third-order valence-corrected chi connectivity index (χ3v) is 3.73. The average Bonchev–Trinajstić information content (AvgIpc) is 2.40. The summed E-state index contributed by atoms with van der Waals surface area (Å²) >= 11 is 0. The Hall–Kier alpha value is 0.160. The third kappa shape index (κ3) is 9.97. The van der Waals surface area contributed by atoms with Crippen LogP contribution in [0.1, 0.15) is 66.2 Å². The van der Waals surface area contributed by atoms with Gasteiger partial charge in [-0.1, -0.05) is 40.0 Å². The van der Waals surface area contributed by atoms with E-state index in [1.54, 1.807) is 0 Å². The van der Waals surface area contributed by atoms with Crippen molar-refractivity contribution in [3.05, 3.63) is 0 Å². The molecule has 0 rings (SSSR count). The third-order valence-electron chi connectivity index (χ3n) is 3.73. The van der Waals surface area contributed by atoms with Crippen LogP contribution < -0.4 is 24.0 Å². The summed E-state index contributed by atoms with van der Waals surface area (Å²) in [5.74, 6) is -0.0224. The summed E-state index contributed by atoms with van der Waals surface area (Å²) in [6.07, 6.45) is 7.19. The molecule has 0 aromatic rings. The van der Waals surface area contributed by atoms with Gasteiger partial charge in [-0.3, -0.25) is 0 Å². The van der Waals surface area contributed by atoms with Crippen LogP contribution in [0.25, 0.3) is 0 Å². The van der Waals surface area contributed by atoms with Gasteiger partial charge in [-0.05, 0) is 26.2 Å². The Kier molecular flexibility index (Phi) is 15.8. The number of hydrogen-bond donors (Lipinski definition) is 0. The minimum Gasteiger partial charge on any atom is -1.00 e. The fraction of sp³-hybridized carbons (Fsp3) is 0.938. The normalized spacial score (nSPS) is 11.0. The van der Waals surface area contributed by atoms with Crippen LogP contribution in [-0.2, 0) is 9.53 Å². The maximum Gasteiger partial charge on any atom is 0.361 e. The van der Waals surface area contributed by atoms with Crippen molar-refractivity contribution in [3.63, 3.8) is 0 Å². The van der Waals surface area contributed by atoms with Crippen molar-refractivity contribution in [2.75, 3.05) is 32.8 Å². The van der Waals surface area contributed by atoms with Crippen LogP contribution in [0.4, 0.5) is 0 Å². The Labute approximate surface area is 143 Å². The van der Waals surface area contributed by atoms with E-state index in [1.807, 2.05) is 6.92 Å². The maximum atomic E-state index is 11.9. The van der Waals surface area contributed by atoms with Crippen LogP contribution in [0.3, 0.4) is 0 Å². The minimum atomic E-state index is -0.0224. The Morgan fingerprint density at radius 2 is 1.25 bits per heavy atom. The molecule has 0 aliphatic rings. The number of unbranched alkanes of at least 4 members (excludes halogenated alkanes) is 3. The van der Waals surface area contributed by atoms with Crippen molar-refractivity contribution in [3.8, 4) is 0 Å². The molecule has 0 unspecified atom stereocenters. The van der Waals surface area contributed by atoms with Gasteiger partial charge >= 0.3 is 5.97 Å². The highest BCUT2D eigenvalue weighted by Crippen LogP contribution is 2.15. The lowest BCUT2D eigenvalue weighted by Gasteiger charge is -2.38. The van der Waals surface area contributed by atoms with Gasteiger partial charge in [0.25, 0.3) is 0 Å². The Bertz CT molecular complexity index is 213. The minimum absolute atomic E-state index is 0. The van der Waals surface area contributed by atoms with Crippen molar-refractivity contribution in [1.29, 1.82) is 0 Å². The summed E-state index contributed by atoms with van der Waals surface area (Å²) in [5, 5.41) is 0. The SMILES string of the molecule is CCCC[N+](CCCC)(CCCC)CC(=O)OCC.[I-]. The fourth-order valence-electron chi connectivity index (χ4n) is 2.53. The number of ether oxygens (including phenoxy) is 1. The second-order valence-corrected chi connectivity index (χ2v) is 5.54. The predicted octanol–water partition coefficient (Wildman–Crippen LogP) is 0.771. The van der Waals surface area contributed by atoms with Gasteiger partial charge in [0.2, 0.25) is 0 Å². The smallest absolute Gasteiger partial charge is 0.361 e. The van der Waals surface area contributed by atoms with Gasteiger partial charge in [0.1, 0.15) is 0 Å². The van der Waals surface area contributed by atoms with E-state index in [0.29, 0.717) is 13.2 Å². The quantitative estimate of drug-likeness (QED) is 0.275. The second kappa shape index (κ2) is 14.1. The lowest BCUT2D eigenvalue weighted by Crippen LogP contribution is -3.00. The number of nitrogens with zero attached hydrogens (tertiary/aromatic N) is 1. The molecular formula is C16H34INO2. The number of quaternary nitrogens is 1. The Morgan fingerprint density at radius 3 is 1.55 bits per heavy atom. The largest absolute Gasteiger partial charge is 1.00 e. The molecule has 0 bridgehead atoms. The summed E-state index contributed by atoms with van der Waals surface area (Å²) in [4.78, 5) is 11.9. The highest BCUT2D eigenvalue weighted by atomic mass is 127. The summed E-state index contributed by atoms with van der Waals surface area (Å²) < 4.78 is 6.12. The lowest BCUT2D eigenvalue weighted by molar-refractivity contribution is -0.922. The van der Waals surface area contributed by atoms with Crippen LogP contribution in [0, 0.1) is 0 Å². The topological polar surface area (TPSA) is 26.3 Å². The van der Waals surface area contributed by atoms with Crippen molar-refractivity contribution < 1.29 is 38.0 Å². The van der Waals surface area contributed by atoms with Crippen molar-refractivity contribution >= 4 is 5.97 Å². The zero-order valence-corrected chi connectivity index (χ0v) is 16.1. The van der Waals surface area contributed by atoms with E-state index >= 15 is 0 Å². The standard InChI is InChI=1S/C16H34NO2.HI/c1-5-9-12-17(13-10-6-2,14-11-7-3)15-16(18)19-8-4;/h5-15H2,1-4H3;1H/q+1;/p-1. The molecule has 0 aromatic heterocycles. The maximum absolute atomic E-state index is 11.9. The molecule has 0 atom stereocenters. The molecule has 0 radical (unpaired) electrons. The summed E-state index contributed by atoms with van der Waals surface area (Å²) in [6.45, 7) is 13.0. The van der Waals surface area contributed by atoms with Crippen LogP contribution in [-0.4, -0.2) is 43.2 Å². The van der Waals surface area contributed by atoms with Gasteiger partial charge < -0.3 is 33.2 Å². The number of hydrogen-bond acceptors (Lipinski definition) is 2. The number of halogens is 1. The van der Waals surface area contributed by atoms with E-state index in [0.717, 1.165) is 24.1 Å². The van der Waals surface area contributed by atoms with E-state index in [1.165, 1.54) is 38.5 Å². The van der Waals surface area contributed by atoms with E-state index in [9.17, 15) is 4.79 Å². The molecule has 4 heteroatoms. The molecule has 0 aromatic carbocycles. The molecule has 0 amide bonds. The molecule has 0 heterocycles. The van der Waals surface area contributed by atoms with Crippen LogP contribution in [0.15, 0.2) is 0 Å². The first-order valence-corrected chi connectivity index (χ1v) is 8.14. The van der Waals surface area contributed by atoms with Gasteiger partial charge in [0.15, 0.2) is 6.54 Å². The van der Waals surface area contributed by atoms with Crippen molar-refractivity contribution in [2.24, 2.45) is 0 Å². The molecule has 0 spiro atoms. The van der Waals surface area contributed by atoms with E-state index in [2.05, 4.69) is 20.8 Å². The lowest BCUT2D eigenvalue weighted by atomic mass is 10.1. The molecule has 122 valence electrons. The first-order chi connectivity index (χ1) is 9.14. The zero-order chi connectivity index (χ0) is 14.6. The average molecular weight is 399 g/mol. The van der Waals surface area contributed by atoms with Gasteiger partial charge in [0, 0.05) is 0 Å². The highest BCUT2D eigenvalue weighted by Gasteiger charge is 2.29. The highest BCUT2D eigenvalue weighted by molar-refractivity contribution is 5.70. The Morgan fingerprint density at radius 1 is 0.850 bits per heavy atom. The first kappa shape index (κ1) is 22.4.